The van der Waals surface area contributed by atoms with E-state index in [0.717, 1.165) is 28.3 Å². The van der Waals surface area contributed by atoms with Gasteiger partial charge in [-0.15, -0.1) is 0 Å². The van der Waals surface area contributed by atoms with E-state index in [1.165, 1.54) is 12.1 Å². The van der Waals surface area contributed by atoms with Gasteiger partial charge in [0.15, 0.2) is 0 Å². The topological polar surface area (TPSA) is 74.7 Å². The molecule has 0 atom stereocenters. The van der Waals surface area contributed by atoms with Crippen LogP contribution in [0.4, 0.5) is 14.5 Å². The normalized spacial score (nSPS) is 15.7. The Morgan fingerprint density at radius 1 is 1.19 bits per heavy atom. The van der Waals surface area contributed by atoms with E-state index in [2.05, 4.69) is 15.2 Å². The molecule has 3 aromatic rings. The van der Waals surface area contributed by atoms with E-state index in [1.54, 1.807) is 13.3 Å². The Hall–Kier alpha value is -2.97. The molecule has 0 amide bonds. The van der Waals surface area contributed by atoms with Crippen molar-refractivity contribution in [2.45, 2.75) is 32.1 Å². The van der Waals surface area contributed by atoms with Crippen molar-refractivity contribution in [1.29, 1.82) is 0 Å². The average molecular weight is 518 g/mol. The van der Waals surface area contributed by atoms with Crippen LogP contribution in [-0.2, 0) is 11.2 Å². The van der Waals surface area contributed by atoms with Crippen molar-refractivity contribution < 1.29 is 23.4 Å². The number of rotatable bonds is 10. The number of carboxylic acid groups (broad SMARTS) is 1. The zero-order valence-corrected chi connectivity index (χ0v) is 21.0. The molecule has 1 aliphatic rings. The number of aliphatic carboxylic acids is 1. The third kappa shape index (κ3) is 6.05. The second-order valence-electron chi connectivity index (χ2n) is 9.33. The number of anilines is 1. The van der Waals surface area contributed by atoms with Crippen LogP contribution in [0.3, 0.4) is 0 Å². The first-order chi connectivity index (χ1) is 17.3. The predicted octanol–water partition coefficient (Wildman–Crippen LogP) is 5.78. The first-order valence-corrected chi connectivity index (χ1v) is 12.4. The van der Waals surface area contributed by atoms with Gasteiger partial charge in [0, 0.05) is 36.4 Å². The van der Waals surface area contributed by atoms with E-state index < -0.39 is 23.0 Å². The minimum absolute atomic E-state index is 0.393. The highest BCUT2D eigenvalue weighted by atomic mass is 35.5. The summed E-state index contributed by atoms with van der Waals surface area (Å²) in [6.07, 6.45) is 4.64. The number of pyridine rings is 1. The minimum Gasteiger partial charge on any atom is -0.497 e. The Morgan fingerprint density at radius 2 is 1.92 bits per heavy atom. The van der Waals surface area contributed by atoms with Crippen molar-refractivity contribution in [3.8, 4) is 5.75 Å². The van der Waals surface area contributed by atoms with Crippen LogP contribution in [0.25, 0.3) is 10.9 Å². The molecule has 36 heavy (non-hydrogen) atoms. The fraction of sp³-hybridized carbons (Fsp3) is 0.407. The lowest BCUT2D eigenvalue weighted by atomic mass is 9.74. The molecule has 0 saturated carbocycles. The Labute approximate surface area is 214 Å². The van der Waals surface area contributed by atoms with E-state index in [0.29, 0.717) is 69.0 Å². The molecule has 1 saturated heterocycles. The molecule has 1 aliphatic heterocycles. The summed E-state index contributed by atoms with van der Waals surface area (Å²) >= 11 is 6.47. The Balaban J connectivity index is 1.33. The molecule has 0 radical (unpaired) electrons. The smallest absolute Gasteiger partial charge is 0.309 e. The van der Waals surface area contributed by atoms with Crippen LogP contribution in [0, 0.1) is 17.0 Å². The van der Waals surface area contributed by atoms with Crippen molar-refractivity contribution in [1.82, 2.24) is 9.88 Å². The van der Waals surface area contributed by atoms with Crippen LogP contribution in [-0.4, -0.2) is 54.2 Å². The van der Waals surface area contributed by atoms with Crippen LogP contribution in [0.15, 0.2) is 42.6 Å². The number of fused-ring (bicyclic) bond motifs is 1. The number of ether oxygens (including phenoxy) is 1. The van der Waals surface area contributed by atoms with E-state index in [9.17, 15) is 18.7 Å². The van der Waals surface area contributed by atoms with Crippen LogP contribution in [0.2, 0.25) is 5.02 Å². The van der Waals surface area contributed by atoms with E-state index >= 15 is 0 Å². The third-order valence-corrected chi connectivity index (χ3v) is 7.43. The molecule has 9 heteroatoms. The molecule has 0 spiro atoms. The monoisotopic (exact) mass is 517 g/mol. The number of halogens is 3. The van der Waals surface area contributed by atoms with Crippen molar-refractivity contribution in [2.24, 2.45) is 5.41 Å². The summed E-state index contributed by atoms with van der Waals surface area (Å²) in [5, 5.41) is 14.6. The van der Waals surface area contributed by atoms with Gasteiger partial charge >= 0.3 is 5.97 Å². The van der Waals surface area contributed by atoms with Gasteiger partial charge in [-0.2, -0.15) is 0 Å². The second kappa shape index (κ2) is 11.4. The number of aryl methyl sites for hydroxylation is 1. The lowest BCUT2D eigenvalue weighted by Crippen LogP contribution is -2.45. The Morgan fingerprint density at radius 3 is 2.58 bits per heavy atom. The highest BCUT2D eigenvalue weighted by Gasteiger charge is 2.40. The summed E-state index contributed by atoms with van der Waals surface area (Å²) in [6.45, 7) is 2.48. The number of hydrogen-bond acceptors (Lipinski definition) is 5. The van der Waals surface area contributed by atoms with Gasteiger partial charge in [-0.25, -0.2) is 8.78 Å². The molecule has 192 valence electrons. The molecule has 2 N–H and O–H groups in total. The number of hydrogen-bond donors (Lipinski definition) is 2. The van der Waals surface area contributed by atoms with Gasteiger partial charge in [0.05, 0.1) is 23.1 Å². The Bertz CT molecular complexity index is 1210. The summed E-state index contributed by atoms with van der Waals surface area (Å²) in [4.78, 5) is 18.9. The SMILES string of the molecule is COc1ccc2ncc(Cl)c(CCCC3(C(=O)O)CCN(CCNc4cc(F)cc(F)c4)CC3)c2c1. The average Bonchev–Trinajstić information content (AvgIpc) is 2.85. The van der Waals surface area contributed by atoms with Gasteiger partial charge in [0.25, 0.3) is 0 Å². The van der Waals surface area contributed by atoms with Gasteiger partial charge < -0.3 is 20.1 Å². The molecule has 2 aromatic carbocycles. The highest BCUT2D eigenvalue weighted by Crippen LogP contribution is 2.38. The number of likely N-dealkylation sites (tertiary alicyclic amines) is 1. The zero-order chi connectivity index (χ0) is 25.7. The summed E-state index contributed by atoms with van der Waals surface area (Å²) < 4.78 is 32.1. The fourth-order valence-electron chi connectivity index (χ4n) is 4.98. The lowest BCUT2D eigenvalue weighted by Gasteiger charge is -2.39. The van der Waals surface area contributed by atoms with Gasteiger partial charge in [-0.05, 0) is 81.1 Å². The number of carboxylic acids is 1. The van der Waals surface area contributed by atoms with Gasteiger partial charge in [-0.3, -0.25) is 9.78 Å². The van der Waals surface area contributed by atoms with Crippen molar-refractivity contribution in [3.05, 3.63) is 64.8 Å². The van der Waals surface area contributed by atoms with Crippen molar-refractivity contribution in [3.63, 3.8) is 0 Å². The van der Waals surface area contributed by atoms with Crippen LogP contribution in [0.5, 0.6) is 5.75 Å². The molecule has 0 aliphatic carbocycles. The number of piperidine rings is 1. The van der Waals surface area contributed by atoms with Crippen molar-refractivity contribution >= 4 is 34.2 Å². The van der Waals surface area contributed by atoms with E-state index in [4.69, 9.17) is 16.3 Å². The lowest BCUT2D eigenvalue weighted by molar-refractivity contribution is -0.152. The fourth-order valence-corrected chi connectivity index (χ4v) is 5.22. The van der Waals surface area contributed by atoms with E-state index in [-0.39, 0.29) is 0 Å². The molecule has 6 nitrogen and oxygen atoms in total. The molecule has 1 aromatic heterocycles. The Kier molecular flexibility index (Phi) is 8.26. The summed E-state index contributed by atoms with van der Waals surface area (Å²) in [6, 6.07) is 9.00. The highest BCUT2D eigenvalue weighted by molar-refractivity contribution is 6.32. The molecule has 0 unspecified atom stereocenters. The van der Waals surface area contributed by atoms with Crippen LogP contribution >= 0.6 is 11.6 Å². The quantitative estimate of drug-likeness (QED) is 0.355. The number of methoxy groups -OCH3 is 1. The minimum atomic E-state index is -0.775. The number of carbonyl (C=O) groups is 1. The van der Waals surface area contributed by atoms with Crippen LogP contribution in [0.1, 0.15) is 31.2 Å². The summed E-state index contributed by atoms with van der Waals surface area (Å²) in [5.74, 6) is -1.29. The van der Waals surface area contributed by atoms with Crippen LogP contribution < -0.4 is 10.1 Å². The molecule has 4 rings (SSSR count). The molecule has 1 fully saturated rings. The van der Waals surface area contributed by atoms with Gasteiger partial charge in [0.1, 0.15) is 17.4 Å². The summed E-state index contributed by atoms with van der Waals surface area (Å²) in [5.41, 5.74) is 1.40. The first kappa shape index (κ1) is 26.1. The van der Waals surface area contributed by atoms with Crippen molar-refractivity contribution in [2.75, 3.05) is 38.6 Å². The maximum atomic E-state index is 13.4. The number of aromatic nitrogens is 1. The largest absolute Gasteiger partial charge is 0.497 e. The number of nitrogens with zero attached hydrogens (tertiary/aromatic N) is 2. The molecular formula is C27H30ClF2N3O3. The second-order valence-corrected chi connectivity index (χ2v) is 9.74. The van der Waals surface area contributed by atoms with Gasteiger partial charge in [0.2, 0.25) is 0 Å². The standard InChI is InChI=1S/C27H30ClF2N3O3/c1-36-21-4-5-25-23(16-21)22(24(28)17-32-25)3-2-6-27(26(34)35)7-10-33(11-8-27)12-9-31-20-14-18(29)13-19(30)15-20/h4-5,13-17,31H,2-3,6-12H2,1H3,(H,34,35). The predicted molar refractivity (Wildman–Crippen MR) is 137 cm³/mol. The first-order valence-electron chi connectivity index (χ1n) is 12.1. The maximum absolute atomic E-state index is 13.4. The zero-order valence-electron chi connectivity index (χ0n) is 20.2. The maximum Gasteiger partial charge on any atom is 0.309 e. The number of nitrogens with one attached hydrogen (secondary N) is 1. The van der Waals surface area contributed by atoms with E-state index in [1.807, 2.05) is 18.2 Å². The number of benzene rings is 2. The van der Waals surface area contributed by atoms with Gasteiger partial charge in [-0.1, -0.05) is 11.6 Å². The molecular weight excluding hydrogens is 488 g/mol. The third-order valence-electron chi connectivity index (χ3n) is 7.10. The molecule has 0 bridgehead atoms. The summed E-state index contributed by atoms with van der Waals surface area (Å²) in [7, 11) is 1.61. The molecule has 2 heterocycles.